The highest BCUT2D eigenvalue weighted by molar-refractivity contribution is 5.36. The highest BCUT2D eigenvalue weighted by Gasteiger charge is 2.24. The first-order valence-electron chi connectivity index (χ1n) is 5.14. The minimum absolute atomic E-state index is 0.265. The summed E-state index contributed by atoms with van der Waals surface area (Å²) in [6.45, 7) is 2.10. The lowest BCUT2D eigenvalue weighted by molar-refractivity contribution is 0.284. The van der Waals surface area contributed by atoms with Crippen LogP contribution in [0.4, 0.5) is 10.2 Å². The average molecular weight is 194 g/mol. The SMILES string of the molecule is C[C@H](Nc1ncccc1F)C1CCC1. The van der Waals surface area contributed by atoms with E-state index in [1.54, 1.807) is 12.3 Å². The molecular weight excluding hydrogens is 179 g/mol. The Hall–Kier alpha value is -1.12. The van der Waals surface area contributed by atoms with Crippen LogP contribution in [0.5, 0.6) is 0 Å². The van der Waals surface area contributed by atoms with Crippen LogP contribution in [-0.4, -0.2) is 11.0 Å². The van der Waals surface area contributed by atoms with E-state index < -0.39 is 0 Å². The summed E-state index contributed by atoms with van der Waals surface area (Å²) in [5.41, 5.74) is 0. The van der Waals surface area contributed by atoms with Crippen molar-refractivity contribution in [1.29, 1.82) is 0 Å². The molecule has 1 fully saturated rings. The largest absolute Gasteiger partial charge is 0.365 e. The average Bonchev–Trinajstić information content (AvgIpc) is 2.05. The fourth-order valence-corrected chi connectivity index (χ4v) is 1.77. The predicted octanol–water partition coefficient (Wildman–Crippen LogP) is 2.82. The molecule has 0 unspecified atom stereocenters. The van der Waals surface area contributed by atoms with Crippen molar-refractivity contribution < 1.29 is 4.39 Å². The second-order valence-electron chi connectivity index (χ2n) is 3.96. The van der Waals surface area contributed by atoms with Crippen molar-refractivity contribution in [1.82, 2.24) is 4.98 Å². The fourth-order valence-electron chi connectivity index (χ4n) is 1.77. The van der Waals surface area contributed by atoms with Crippen molar-refractivity contribution in [2.45, 2.75) is 32.2 Å². The first-order chi connectivity index (χ1) is 6.77. The van der Waals surface area contributed by atoms with Gasteiger partial charge in [-0.1, -0.05) is 6.42 Å². The standard InChI is InChI=1S/C11H15FN2/c1-8(9-4-2-5-9)14-11-10(12)6-3-7-13-11/h3,6-9H,2,4-5H2,1H3,(H,13,14)/t8-/m0/s1. The van der Waals surface area contributed by atoms with E-state index in [-0.39, 0.29) is 5.82 Å². The Bertz CT molecular complexity index is 310. The third-order valence-corrected chi connectivity index (χ3v) is 2.98. The third-order valence-electron chi connectivity index (χ3n) is 2.98. The molecule has 0 saturated heterocycles. The molecule has 3 heteroatoms. The number of pyridine rings is 1. The lowest BCUT2D eigenvalue weighted by atomic mass is 9.80. The van der Waals surface area contributed by atoms with Gasteiger partial charge in [0.15, 0.2) is 11.6 Å². The van der Waals surface area contributed by atoms with E-state index in [1.165, 1.54) is 25.3 Å². The zero-order valence-corrected chi connectivity index (χ0v) is 8.33. The maximum atomic E-state index is 13.2. The quantitative estimate of drug-likeness (QED) is 0.800. The maximum absolute atomic E-state index is 13.2. The number of halogens is 1. The fraction of sp³-hybridized carbons (Fsp3) is 0.545. The van der Waals surface area contributed by atoms with Crippen LogP contribution in [0, 0.1) is 11.7 Å². The topological polar surface area (TPSA) is 24.9 Å². The third kappa shape index (κ3) is 1.86. The van der Waals surface area contributed by atoms with Crippen LogP contribution < -0.4 is 5.32 Å². The van der Waals surface area contributed by atoms with Gasteiger partial charge in [0.1, 0.15) is 0 Å². The molecule has 1 aromatic rings. The monoisotopic (exact) mass is 194 g/mol. The number of aromatic nitrogens is 1. The number of hydrogen-bond donors (Lipinski definition) is 1. The van der Waals surface area contributed by atoms with E-state index in [9.17, 15) is 4.39 Å². The van der Waals surface area contributed by atoms with Crippen molar-refractivity contribution in [2.75, 3.05) is 5.32 Å². The van der Waals surface area contributed by atoms with Gasteiger partial charge in [-0.05, 0) is 37.8 Å². The second-order valence-corrected chi connectivity index (χ2v) is 3.96. The molecule has 1 aromatic heterocycles. The molecule has 0 amide bonds. The van der Waals surface area contributed by atoms with Crippen LogP contribution in [0.15, 0.2) is 18.3 Å². The predicted molar refractivity (Wildman–Crippen MR) is 54.6 cm³/mol. The summed E-state index contributed by atoms with van der Waals surface area (Å²) in [6, 6.07) is 3.37. The Morgan fingerprint density at radius 2 is 2.36 bits per heavy atom. The number of hydrogen-bond acceptors (Lipinski definition) is 2. The zero-order valence-electron chi connectivity index (χ0n) is 8.33. The van der Waals surface area contributed by atoms with Gasteiger partial charge in [0.25, 0.3) is 0 Å². The molecule has 0 aliphatic heterocycles. The normalized spacial score (nSPS) is 18.7. The summed E-state index contributed by atoms with van der Waals surface area (Å²) in [4.78, 5) is 3.97. The molecule has 76 valence electrons. The van der Waals surface area contributed by atoms with Gasteiger partial charge in [-0.3, -0.25) is 0 Å². The molecule has 1 heterocycles. The molecule has 2 rings (SSSR count). The summed E-state index contributed by atoms with van der Waals surface area (Å²) in [6.07, 6.45) is 5.42. The first-order valence-corrected chi connectivity index (χ1v) is 5.14. The van der Waals surface area contributed by atoms with Crippen LogP contribution in [0.3, 0.4) is 0 Å². The Labute approximate surface area is 83.6 Å². The molecule has 1 N–H and O–H groups in total. The molecule has 1 atom stereocenters. The van der Waals surface area contributed by atoms with Crippen LogP contribution in [0.1, 0.15) is 26.2 Å². The summed E-state index contributed by atoms with van der Waals surface area (Å²) < 4.78 is 13.2. The zero-order chi connectivity index (χ0) is 9.97. The summed E-state index contributed by atoms with van der Waals surface area (Å²) in [5.74, 6) is 0.807. The number of nitrogens with zero attached hydrogens (tertiary/aromatic N) is 1. The van der Waals surface area contributed by atoms with Gasteiger partial charge in [0.05, 0.1) is 0 Å². The lowest BCUT2D eigenvalue weighted by Crippen LogP contribution is -2.31. The van der Waals surface area contributed by atoms with Crippen LogP contribution in [-0.2, 0) is 0 Å². The Morgan fingerprint density at radius 3 is 2.93 bits per heavy atom. The van der Waals surface area contributed by atoms with E-state index in [0.29, 0.717) is 17.8 Å². The van der Waals surface area contributed by atoms with Crippen LogP contribution in [0.25, 0.3) is 0 Å². The van der Waals surface area contributed by atoms with Crippen molar-refractivity contribution in [2.24, 2.45) is 5.92 Å². The summed E-state index contributed by atoms with van der Waals surface area (Å²) >= 11 is 0. The van der Waals surface area contributed by atoms with E-state index in [4.69, 9.17) is 0 Å². The van der Waals surface area contributed by atoms with Gasteiger partial charge in [0, 0.05) is 12.2 Å². The minimum atomic E-state index is -0.265. The van der Waals surface area contributed by atoms with Crippen LogP contribution >= 0.6 is 0 Å². The van der Waals surface area contributed by atoms with Gasteiger partial charge in [-0.2, -0.15) is 0 Å². The van der Waals surface area contributed by atoms with Crippen molar-refractivity contribution in [3.63, 3.8) is 0 Å². The Morgan fingerprint density at radius 1 is 1.57 bits per heavy atom. The van der Waals surface area contributed by atoms with Crippen molar-refractivity contribution in [3.8, 4) is 0 Å². The first kappa shape index (κ1) is 9.44. The van der Waals surface area contributed by atoms with Gasteiger partial charge in [-0.25, -0.2) is 9.37 Å². The molecule has 1 saturated carbocycles. The van der Waals surface area contributed by atoms with Gasteiger partial charge < -0.3 is 5.32 Å². The van der Waals surface area contributed by atoms with Crippen LogP contribution in [0.2, 0.25) is 0 Å². The summed E-state index contributed by atoms with van der Waals surface area (Å²) in [7, 11) is 0. The lowest BCUT2D eigenvalue weighted by Gasteiger charge is -2.32. The molecule has 0 radical (unpaired) electrons. The number of nitrogens with one attached hydrogen (secondary N) is 1. The van der Waals surface area contributed by atoms with E-state index in [1.807, 2.05) is 0 Å². The maximum Gasteiger partial charge on any atom is 0.165 e. The van der Waals surface area contributed by atoms with Crippen molar-refractivity contribution >= 4 is 5.82 Å². The Kier molecular flexibility index (Phi) is 2.66. The van der Waals surface area contributed by atoms with Gasteiger partial charge >= 0.3 is 0 Å². The molecule has 0 aromatic carbocycles. The smallest absolute Gasteiger partial charge is 0.165 e. The minimum Gasteiger partial charge on any atom is -0.365 e. The number of anilines is 1. The van der Waals surface area contributed by atoms with Gasteiger partial charge in [0.2, 0.25) is 0 Å². The molecule has 0 spiro atoms. The highest BCUT2D eigenvalue weighted by Crippen LogP contribution is 2.30. The van der Waals surface area contributed by atoms with E-state index in [0.717, 1.165) is 0 Å². The van der Waals surface area contributed by atoms with E-state index >= 15 is 0 Å². The second kappa shape index (κ2) is 3.95. The Balaban J connectivity index is 1.99. The van der Waals surface area contributed by atoms with Crippen molar-refractivity contribution in [3.05, 3.63) is 24.1 Å². The van der Waals surface area contributed by atoms with E-state index in [2.05, 4.69) is 17.2 Å². The highest BCUT2D eigenvalue weighted by atomic mass is 19.1. The molecular formula is C11H15FN2. The number of rotatable bonds is 3. The molecule has 1 aliphatic rings. The summed E-state index contributed by atoms with van der Waals surface area (Å²) in [5, 5.41) is 3.13. The molecule has 0 bridgehead atoms. The molecule has 2 nitrogen and oxygen atoms in total. The van der Waals surface area contributed by atoms with Gasteiger partial charge in [-0.15, -0.1) is 0 Å². The molecule has 14 heavy (non-hydrogen) atoms. The molecule has 1 aliphatic carbocycles.